The molecule has 0 aromatic rings. The van der Waals surface area contributed by atoms with Crippen LogP contribution in [-0.2, 0) is 19.5 Å². The Morgan fingerprint density at radius 2 is 0.842 bits per heavy atom. The van der Waals surface area contributed by atoms with Crippen molar-refractivity contribution < 1.29 is 19.5 Å². The Kier molecular flexibility index (Phi) is 32.6. The minimum absolute atomic E-state index is 0. The third-order valence-corrected chi connectivity index (χ3v) is 4.44. The molecule has 0 aromatic heterocycles. The Balaban J connectivity index is -0.00000128. The van der Waals surface area contributed by atoms with Gasteiger partial charge in [-0.1, -0.05) is 78.1 Å². The van der Waals surface area contributed by atoms with E-state index in [9.17, 15) is 0 Å². The van der Waals surface area contributed by atoms with E-state index >= 15 is 0 Å². The Labute approximate surface area is 143 Å². The first-order valence-corrected chi connectivity index (χ1v) is 9.15. The Bertz CT molecular complexity index is 120. The van der Waals surface area contributed by atoms with Crippen LogP contribution >= 0.6 is 21.7 Å². The molecule has 3 heteroatoms. The van der Waals surface area contributed by atoms with Crippen LogP contribution in [0.15, 0.2) is 0 Å². The molecule has 19 heavy (non-hydrogen) atoms. The van der Waals surface area contributed by atoms with E-state index in [0.717, 1.165) is 0 Å². The summed E-state index contributed by atoms with van der Waals surface area (Å²) in [4.78, 5) is 0. The van der Waals surface area contributed by atoms with Gasteiger partial charge in [-0.2, -0.15) is 11.8 Å². The number of rotatable bonds is 14. The molecule has 0 unspecified atom stereocenters. The van der Waals surface area contributed by atoms with Gasteiger partial charge in [-0.05, 0) is 24.3 Å². The second-order valence-corrected chi connectivity index (χ2v) is 6.37. The molecule has 0 heterocycles. The minimum atomic E-state index is 0. The summed E-state index contributed by atoms with van der Waals surface area (Å²) in [5.41, 5.74) is 0. The molecular weight excluding hydrogens is 321 g/mol. The van der Waals surface area contributed by atoms with Gasteiger partial charge in [0.2, 0.25) is 0 Å². The number of thioether (sulfide) groups is 1. The minimum Gasteiger partial charge on any atom is -0.162 e. The maximum atomic E-state index is 2.29. The third-order valence-electron chi connectivity index (χ3n) is 3.28. The summed E-state index contributed by atoms with van der Waals surface area (Å²) < 4.78 is 0. The van der Waals surface area contributed by atoms with E-state index in [-0.39, 0.29) is 29.4 Å². The quantitative estimate of drug-likeness (QED) is 0.179. The van der Waals surface area contributed by atoms with E-state index in [1.54, 1.807) is 0 Å². The fourth-order valence-corrected chi connectivity index (χ4v) is 3.09. The van der Waals surface area contributed by atoms with Gasteiger partial charge in [0.05, 0.1) is 0 Å². The number of hydrogen-bond acceptors (Lipinski definition) is 1. The normalized spacial score (nSPS) is 9.79. The van der Waals surface area contributed by atoms with Crippen molar-refractivity contribution in [2.24, 2.45) is 0 Å². The van der Waals surface area contributed by atoms with Gasteiger partial charge in [0.15, 0.2) is 0 Å². The molecule has 0 aromatic carbocycles. The number of unbranched alkanes of at least 4 members (excludes halogenated alkanes) is 10. The van der Waals surface area contributed by atoms with Crippen LogP contribution in [0.25, 0.3) is 0 Å². The summed E-state index contributed by atoms with van der Waals surface area (Å²) in [7, 11) is 0. The van der Waals surface area contributed by atoms with Crippen molar-refractivity contribution in [1.29, 1.82) is 0 Å². The zero-order valence-corrected chi connectivity index (χ0v) is 18.1. The summed E-state index contributed by atoms with van der Waals surface area (Å²) >= 11 is 2.18. The molecule has 0 aliphatic carbocycles. The van der Waals surface area contributed by atoms with Gasteiger partial charge >= 0.3 is 0 Å². The maximum Gasteiger partial charge on any atom is 0 e. The maximum absolute atomic E-state index is 2.29. The van der Waals surface area contributed by atoms with Gasteiger partial charge in [-0.3, -0.25) is 0 Å². The first-order chi connectivity index (χ1) is 8.41. The van der Waals surface area contributed by atoms with Crippen molar-refractivity contribution in [2.45, 2.75) is 90.9 Å². The molecule has 0 rings (SSSR count). The van der Waals surface area contributed by atoms with Crippen LogP contribution in [0, 0.1) is 0 Å². The average Bonchev–Trinajstić information content (AvgIpc) is 2.35. The summed E-state index contributed by atoms with van der Waals surface area (Å²) in [5, 5.41) is 0. The summed E-state index contributed by atoms with van der Waals surface area (Å²) in [5.74, 6) is 2.81. The molecule has 0 N–H and O–H groups in total. The van der Waals surface area contributed by atoms with Crippen LogP contribution in [0.2, 0.25) is 0 Å². The van der Waals surface area contributed by atoms with Crippen LogP contribution in [0.4, 0.5) is 0 Å². The summed E-state index contributed by atoms with van der Waals surface area (Å²) in [6.45, 7) is 4.58. The zero-order valence-electron chi connectivity index (χ0n) is 13.5. The molecule has 0 saturated heterocycles. The monoisotopic (exact) mass is 353 g/mol. The van der Waals surface area contributed by atoms with Crippen LogP contribution in [0.3, 0.4) is 0 Å². The number of hydrogen-bond donors (Lipinski definition) is 0. The summed E-state index contributed by atoms with van der Waals surface area (Å²) in [6, 6.07) is 0. The molecule has 0 nitrogen and oxygen atoms in total. The average molecular weight is 355 g/mol. The molecule has 3 radical (unpaired) electrons. The van der Waals surface area contributed by atoms with Crippen molar-refractivity contribution >= 4 is 21.7 Å². The van der Waals surface area contributed by atoms with Crippen molar-refractivity contribution in [2.75, 3.05) is 11.5 Å². The molecular formula is C16H34PSZn. The van der Waals surface area contributed by atoms with Gasteiger partial charge in [0.25, 0.3) is 0 Å². The van der Waals surface area contributed by atoms with E-state index in [1.165, 1.54) is 88.6 Å². The second kappa shape index (κ2) is 24.4. The first-order valence-electron chi connectivity index (χ1n) is 7.99. The van der Waals surface area contributed by atoms with Gasteiger partial charge in [0, 0.05) is 29.4 Å². The predicted molar refractivity (Wildman–Crippen MR) is 91.0 cm³/mol. The summed E-state index contributed by atoms with van der Waals surface area (Å²) in [6.07, 6.45) is 17.3. The Morgan fingerprint density at radius 1 is 0.526 bits per heavy atom. The van der Waals surface area contributed by atoms with Crippen LogP contribution in [-0.4, -0.2) is 11.5 Å². The Hall–Kier alpha value is 1.40. The van der Waals surface area contributed by atoms with Gasteiger partial charge in [0.1, 0.15) is 0 Å². The van der Waals surface area contributed by atoms with E-state index in [2.05, 4.69) is 25.6 Å². The van der Waals surface area contributed by atoms with Gasteiger partial charge < -0.3 is 0 Å². The van der Waals surface area contributed by atoms with Crippen LogP contribution in [0.5, 0.6) is 0 Å². The van der Waals surface area contributed by atoms with E-state index in [0.29, 0.717) is 0 Å². The van der Waals surface area contributed by atoms with Crippen LogP contribution < -0.4 is 0 Å². The molecule has 111 valence electrons. The molecule has 0 aliphatic rings. The smallest absolute Gasteiger partial charge is 0 e. The topological polar surface area (TPSA) is 0 Å². The molecule has 0 saturated carbocycles. The molecule has 0 bridgehead atoms. The molecule has 0 amide bonds. The van der Waals surface area contributed by atoms with Gasteiger partial charge in [-0.25, -0.2) is 0 Å². The Morgan fingerprint density at radius 3 is 1.21 bits per heavy atom. The second-order valence-electron chi connectivity index (χ2n) is 5.15. The van der Waals surface area contributed by atoms with Crippen LogP contribution in [0.1, 0.15) is 90.9 Å². The molecule has 0 aliphatic heterocycles. The molecule has 0 atom stereocenters. The van der Waals surface area contributed by atoms with E-state index in [1.807, 2.05) is 0 Å². The third kappa shape index (κ3) is 24.8. The predicted octanol–water partition coefficient (Wildman–Crippen LogP) is 7.30. The zero-order chi connectivity index (χ0) is 12.6. The van der Waals surface area contributed by atoms with Crippen molar-refractivity contribution in [3.63, 3.8) is 0 Å². The van der Waals surface area contributed by atoms with Crippen molar-refractivity contribution in [1.82, 2.24) is 0 Å². The molecule has 0 spiro atoms. The molecule has 0 fully saturated rings. The SMILES string of the molecule is CCCCCCCCSCCCCCCCC.[P].[Zn]. The largest absolute Gasteiger partial charge is 0.162 e. The fraction of sp³-hybridized carbons (Fsp3) is 1.00. The van der Waals surface area contributed by atoms with E-state index < -0.39 is 0 Å². The van der Waals surface area contributed by atoms with Crippen molar-refractivity contribution in [3.8, 4) is 0 Å². The fourth-order valence-electron chi connectivity index (χ4n) is 2.07. The van der Waals surface area contributed by atoms with E-state index in [4.69, 9.17) is 0 Å². The standard InChI is InChI=1S/C16H34S.P.Zn/c1-3-5-7-9-11-13-15-17-16-14-12-10-8-6-4-2;;/h3-16H2,1-2H3;;. The first kappa shape index (κ1) is 25.4. The van der Waals surface area contributed by atoms with Crippen molar-refractivity contribution in [3.05, 3.63) is 0 Å². The van der Waals surface area contributed by atoms with Gasteiger partial charge in [-0.15, -0.1) is 0 Å².